The molecule has 0 aliphatic carbocycles. The van der Waals surface area contributed by atoms with E-state index in [0.717, 1.165) is 12.1 Å². The van der Waals surface area contributed by atoms with Crippen LogP contribution >= 0.6 is 0 Å². The molecule has 4 aromatic rings. The number of nitrogens with zero attached hydrogens (tertiary/aromatic N) is 2. The van der Waals surface area contributed by atoms with Crippen molar-refractivity contribution in [2.75, 3.05) is 25.2 Å². The first-order valence-corrected chi connectivity index (χ1v) is 14.3. The second kappa shape index (κ2) is 12.4. The van der Waals surface area contributed by atoms with Gasteiger partial charge in [0, 0.05) is 36.1 Å². The molecule has 0 radical (unpaired) electrons. The fraction of sp³-hybridized carbons (Fsp3) is 0.167. The van der Waals surface area contributed by atoms with Gasteiger partial charge >= 0.3 is 0 Å². The third kappa shape index (κ3) is 6.24. The first kappa shape index (κ1) is 28.7. The van der Waals surface area contributed by atoms with Crippen LogP contribution in [0.1, 0.15) is 27.1 Å². The van der Waals surface area contributed by atoms with Gasteiger partial charge in [0.05, 0.1) is 31.6 Å². The quantitative estimate of drug-likeness (QED) is 0.302. The van der Waals surface area contributed by atoms with E-state index in [1.807, 2.05) is 4.72 Å². The van der Waals surface area contributed by atoms with Gasteiger partial charge < -0.3 is 14.2 Å². The lowest BCUT2D eigenvalue weighted by Crippen LogP contribution is -2.31. The summed E-state index contributed by atoms with van der Waals surface area (Å²) in [5.41, 5.74) is 1.10. The number of hydrogen-bond acceptors (Lipinski definition) is 8. The van der Waals surface area contributed by atoms with Crippen LogP contribution < -0.4 is 19.1 Å². The molecule has 1 fully saturated rings. The molecule has 2 amide bonds. The van der Waals surface area contributed by atoms with Crippen LogP contribution in [0.5, 0.6) is 11.5 Å². The number of hydrogen-bond donors (Lipinski definition) is 1. The molecule has 3 aromatic carbocycles. The Labute approximate surface area is 241 Å². The molecule has 0 spiro atoms. The highest BCUT2D eigenvalue weighted by atomic mass is 32.2. The highest BCUT2D eigenvalue weighted by molar-refractivity contribution is 7.90. The molecular formula is C30H26FN3O7S. The topological polar surface area (TPSA) is 124 Å². The zero-order valence-corrected chi connectivity index (χ0v) is 23.2. The number of aromatic nitrogens is 1. The Morgan fingerprint density at radius 1 is 0.976 bits per heavy atom. The van der Waals surface area contributed by atoms with Crippen molar-refractivity contribution in [1.82, 2.24) is 9.71 Å². The Kier molecular flexibility index (Phi) is 8.46. The van der Waals surface area contributed by atoms with Crippen LogP contribution in [-0.4, -0.2) is 51.6 Å². The minimum Gasteiger partial charge on any atom is -0.493 e. The number of pyridine rings is 1. The fourth-order valence-corrected chi connectivity index (χ4v) is 5.40. The Morgan fingerprint density at radius 3 is 2.40 bits per heavy atom. The van der Waals surface area contributed by atoms with Crippen molar-refractivity contribution in [3.05, 3.63) is 108 Å². The van der Waals surface area contributed by atoms with E-state index >= 15 is 0 Å². The van der Waals surface area contributed by atoms with Crippen molar-refractivity contribution in [2.45, 2.75) is 17.4 Å². The van der Waals surface area contributed by atoms with Crippen molar-refractivity contribution >= 4 is 33.2 Å². The Balaban J connectivity index is 1.47. The highest BCUT2D eigenvalue weighted by Gasteiger charge is 2.26. The van der Waals surface area contributed by atoms with Gasteiger partial charge in [-0.2, -0.15) is 0 Å². The number of carbonyl (C=O) groups is 2. The van der Waals surface area contributed by atoms with Gasteiger partial charge in [0.15, 0.2) is 11.5 Å². The minimum atomic E-state index is -4.46. The van der Waals surface area contributed by atoms with Crippen LogP contribution in [0.25, 0.3) is 0 Å². The molecule has 1 aromatic heterocycles. The summed E-state index contributed by atoms with van der Waals surface area (Å²) in [5, 5.41) is 0. The molecule has 1 atom stereocenters. The number of sulfonamides is 1. The first-order chi connectivity index (χ1) is 20.3. The molecule has 216 valence electrons. The maximum Gasteiger partial charge on any atom is 0.267 e. The summed E-state index contributed by atoms with van der Waals surface area (Å²) in [5.74, 6) is -1.47. The summed E-state index contributed by atoms with van der Waals surface area (Å²) < 4.78 is 58.1. The van der Waals surface area contributed by atoms with Crippen LogP contribution in [-0.2, 0) is 14.8 Å². The van der Waals surface area contributed by atoms with Crippen molar-refractivity contribution < 1.29 is 36.6 Å². The van der Waals surface area contributed by atoms with Crippen LogP contribution in [0.15, 0.2) is 96.2 Å². The van der Waals surface area contributed by atoms with E-state index < -0.39 is 32.6 Å². The second-order valence-electron chi connectivity index (χ2n) is 9.23. The van der Waals surface area contributed by atoms with Crippen molar-refractivity contribution in [2.24, 2.45) is 0 Å². The number of benzene rings is 3. The number of anilines is 2. The monoisotopic (exact) mass is 591 g/mol. The van der Waals surface area contributed by atoms with Gasteiger partial charge in [0.25, 0.3) is 21.8 Å². The lowest BCUT2D eigenvalue weighted by atomic mass is 10.1. The lowest BCUT2D eigenvalue weighted by Gasteiger charge is -2.25. The van der Waals surface area contributed by atoms with Crippen LogP contribution in [0, 0.1) is 5.82 Å². The summed E-state index contributed by atoms with van der Waals surface area (Å²) in [7, 11) is -2.94. The summed E-state index contributed by atoms with van der Waals surface area (Å²) in [6, 6.07) is 18.7. The Bertz CT molecular complexity index is 1690. The van der Waals surface area contributed by atoms with Crippen molar-refractivity contribution in [3.63, 3.8) is 0 Å². The van der Waals surface area contributed by atoms with E-state index in [2.05, 4.69) is 4.98 Å². The molecule has 0 saturated carbocycles. The van der Waals surface area contributed by atoms with Gasteiger partial charge in [-0.25, -0.2) is 17.5 Å². The van der Waals surface area contributed by atoms with Crippen LogP contribution in [0.2, 0.25) is 0 Å². The number of nitrogens with one attached hydrogen (secondary N) is 1. The molecular weight excluding hydrogens is 565 g/mol. The van der Waals surface area contributed by atoms with E-state index in [1.165, 1.54) is 54.6 Å². The smallest absolute Gasteiger partial charge is 0.267 e. The average Bonchev–Trinajstić information content (AvgIpc) is 3.51. The maximum absolute atomic E-state index is 14.1. The number of ether oxygens (including phenoxy) is 3. The van der Waals surface area contributed by atoms with Gasteiger partial charge in [0.1, 0.15) is 16.8 Å². The summed E-state index contributed by atoms with van der Waals surface area (Å²) in [6.45, 7) is 1.02. The third-order valence-corrected chi connectivity index (χ3v) is 7.80. The number of rotatable bonds is 9. The normalized spacial score (nSPS) is 14.7. The molecule has 42 heavy (non-hydrogen) atoms. The maximum atomic E-state index is 14.1. The van der Waals surface area contributed by atoms with Gasteiger partial charge in [0.2, 0.25) is 0 Å². The summed E-state index contributed by atoms with van der Waals surface area (Å²) >= 11 is 0. The van der Waals surface area contributed by atoms with Crippen LogP contribution in [0.4, 0.5) is 15.8 Å². The van der Waals surface area contributed by atoms with E-state index in [1.54, 1.807) is 36.5 Å². The van der Waals surface area contributed by atoms with E-state index in [9.17, 15) is 22.4 Å². The van der Waals surface area contributed by atoms with E-state index in [0.29, 0.717) is 48.1 Å². The zero-order chi connectivity index (χ0) is 29.7. The largest absolute Gasteiger partial charge is 0.493 e. The molecule has 5 rings (SSSR count). The van der Waals surface area contributed by atoms with Gasteiger partial charge in [-0.1, -0.05) is 12.1 Å². The number of amides is 2. The molecule has 0 bridgehead atoms. The molecule has 1 saturated heterocycles. The average molecular weight is 592 g/mol. The summed E-state index contributed by atoms with van der Waals surface area (Å²) in [6.07, 6.45) is 3.52. The van der Waals surface area contributed by atoms with Crippen LogP contribution in [0.3, 0.4) is 0 Å². The number of carbonyl (C=O) groups excluding carboxylic acids is 2. The Hall–Kier alpha value is -4.81. The summed E-state index contributed by atoms with van der Waals surface area (Å²) in [4.78, 5) is 31.3. The van der Waals surface area contributed by atoms with Gasteiger partial charge in [-0.15, -0.1) is 0 Å². The highest BCUT2D eigenvalue weighted by Crippen LogP contribution is 2.37. The van der Waals surface area contributed by atoms with Gasteiger partial charge in [-0.3, -0.25) is 19.5 Å². The van der Waals surface area contributed by atoms with Crippen molar-refractivity contribution in [3.8, 4) is 11.5 Å². The molecule has 1 aliphatic heterocycles. The molecule has 2 heterocycles. The zero-order valence-electron chi connectivity index (χ0n) is 22.4. The molecule has 12 heteroatoms. The third-order valence-electron chi connectivity index (χ3n) is 6.44. The molecule has 0 unspecified atom stereocenters. The number of methoxy groups -OCH3 is 1. The van der Waals surface area contributed by atoms with E-state index in [4.69, 9.17) is 14.2 Å². The molecule has 1 aliphatic rings. The van der Waals surface area contributed by atoms with E-state index in [-0.39, 0.29) is 11.7 Å². The minimum absolute atomic E-state index is 0.0209. The predicted octanol–water partition coefficient (Wildman–Crippen LogP) is 4.49. The molecule has 10 nitrogen and oxygen atoms in total. The predicted molar refractivity (Wildman–Crippen MR) is 151 cm³/mol. The Morgan fingerprint density at radius 2 is 1.74 bits per heavy atom. The standard InChI is InChI=1S/C30H26FN3O7S/c1-39-26-13-12-23(17-27(26)41-24-14-16-40-19-24)34(30(36)21-5-4-15-32-18-21)22-10-8-20(9-11-22)29(35)33-42(37,38)28-7-3-2-6-25(28)31/h2-13,15,17-18,24H,14,16,19H2,1H3,(H,33,35)/t24-/m1/s1. The SMILES string of the molecule is COc1ccc(N(C(=O)c2cccnc2)c2ccc(C(=O)NS(=O)(=O)c3ccccc3F)cc2)cc1O[C@@H]1CCOC1. The lowest BCUT2D eigenvalue weighted by molar-refractivity contribution is 0.0979. The molecule has 1 N–H and O–H groups in total. The van der Waals surface area contributed by atoms with Gasteiger partial charge in [-0.05, 0) is 60.7 Å². The number of halogens is 1. The van der Waals surface area contributed by atoms with Crippen molar-refractivity contribution in [1.29, 1.82) is 0 Å². The fourth-order valence-electron chi connectivity index (χ4n) is 4.34. The second-order valence-corrected chi connectivity index (χ2v) is 10.9. The first-order valence-electron chi connectivity index (χ1n) is 12.9.